The maximum Gasteiger partial charge on any atom is 0.350 e. The molecule has 0 bridgehead atoms. The SMILES string of the molecule is NN=NC(=[NH2+])c1ccc2c(c1)c1ccccc1n2Cc1cc(F)c(F)cc1F. The van der Waals surface area contributed by atoms with Gasteiger partial charge in [0.05, 0.1) is 17.2 Å². The van der Waals surface area contributed by atoms with E-state index in [1.54, 1.807) is 12.1 Å². The highest BCUT2D eigenvalue weighted by Gasteiger charge is 2.17. The molecule has 0 aliphatic rings. The molecule has 1 aromatic heterocycles. The minimum Gasteiger partial charge on any atom is -0.336 e. The van der Waals surface area contributed by atoms with E-state index in [0.29, 0.717) is 11.6 Å². The molecule has 0 fully saturated rings. The van der Waals surface area contributed by atoms with Crippen molar-refractivity contribution in [2.24, 2.45) is 16.2 Å². The second-order valence-corrected chi connectivity index (χ2v) is 6.29. The second-order valence-electron chi connectivity index (χ2n) is 6.29. The van der Waals surface area contributed by atoms with Crippen molar-refractivity contribution < 1.29 is 18.6 Å². The standard InChI is InChI=1S/C20H14F3N5/c21-15-9-17(23)16(22)8-12(15)10-28-18-4-2-1-3-13(18)14-7-11(5-6-19(14)28)20(24)26-27-25/h1-9H,10H2,(H3,24,25,26)/p+1. The lowest BCUT2D eigenvalue weighted by atomic mass is 10.1. The van der Waals surface area contributed by atoms with Gasteiger partial charge in [-0.25, -0.2) is 13.2 Å². The summed E-state index contributed by atoms with van der Waals surface area (Å²) < 4.78 is 42.9. The van der Waals surface area contributed by atoms with Crippen molar-refractivity contribution in [3.05, 3.63) is 83.2 Å². The van der Waals surface area contributed by atoms with E-state index in [2.05, 4.69) is 10.3 Å². The van der Waals surface area contributed by atoms with Crippen molar-refractivity contribution >= 4 is 27.6 Å². The van der Waals surface area contributed by atoms with Gasteiger partial charge in [-0.3, -0.25) is 11.3 Å². The molecule has 0 saturated heterocycles. The summed E-state index contributed by atoms with van der Waals surface area (Å²) in [5, 5.41) is 14.5. The first-order chi connectivity index (χ1) is 13.5. The molecule has 5 nitrogen and oxygen atoms in total. The Labute approximate surface area is 157 Å². The normalized spacial score (nSPS) is 11.7. The first-order valence-electron chi connectivity index (χ1n) is 8.37. The predicted octanol–water partition coefficient (Wildman–Crippen LogP) is 3.09. The molecule has 0 radical (unpaired) electrons. The van der Waals surface area contributed by atoms with E-state index in [-0.39, 0.29) is 17.9 Å². The summed E-state index contributed by atoms with van der Waals surface area (Å²) >= 11 is 0. The van der Waals surface area contributed by atoms with Crippen molar-refractivity contribution in [2.45, 2.75) is 6.54 Å². The van der Waals surface area contributed by atoms with Gasteiger partial charge < -0.3 is 4.57 Å². The molecule has 4 aromatic rings. The highest BCUT2D eigenvalue weighted by Crippen LogP contribution is 2.31. The Kier molecular flexibility index (Phi) is 4.31. The molecule has 0 unspecified atom stereocenters. The Bertz CT molecular complexity index is 1260. The highest BCUT2D eigenvalue weighted by atomic mass is 19.2. The number of aromatic nitrogens is 1. The summed E-state index contributed by atoms with van der Waals surface area (Å²) in [4.78, 5) is 0. The molecule has 0 amide bonds. The van der Waals surface area contributed by atoms with Crippen LogP contribution in [0.15, 0.2) is 64.9 Å². The molecule has 4 rings (SSSR count). The van der Waals surface area contributed by atoms with Crippen LogP contribution < -0.4 is 11.3 Å². The van der Waals surface area contributed by atoms with Gasteiger partial charge in [-0.1, -0.05) is 18.2 Å². The summed E-state index contributed by atoms with van der Waals surface area (Å²) in [6.07, 6.45) is 0. The van der Waals surface area contributed by atoms with E-state index in [1.165, 1.54) is 0 Å². The van der Waals surface area contributed by atoms with Crippen LogP contribution in [0.3, 0.4) is 0 Å². The molecule has 0 atom stereocenters. The molecule has 1 heterocycles. The Hall–Kier alpha value is -3.68. The Morgan fingerprint density at radius 1 is 0.893 bits per heavy atom. The predicted molar refractivity (Wildman–Crippen MR) is 99.9 cm³/mol. The second kappa shape index (κ2) is 6.80. The average Bonchev–Trinajstić information content (AvgIpc) is 2.99. The van der Waals surface area contributed by atoms with Crippen LogP contribution in [-0.4, -0.2) is 10.4 Å². The molecular formula is C20H15F3N5+. The van der Waals surface area contributed by atoms with Gasteiger partial charge in [0, 0.05) is 38.7 Å². The van der Waals surface area contributed by atoms with Gasteiger partial charge in [-0.05, 0) is 30.3 Å². The molecule has 140 valence electrons. The number of fused-ring (bicyclic) bond motifs is 3. The third-order valence-corrected chi connectivity index (χ3v) is 4.65. The summed E-state index contributed by atoms with van der Waals surface area (Å²) in [5.41, 5.74) is 2.28. The van der Waals surface area contributed by atoms with E-state index in [4.69, 9.17) is 11.3 Å². The van der Waals surface area contributed by atoms with Gasteiger partial charge in [0.1, 0.15) is 5.82 Å². The molecule has 0 saturated carbocycles. The molecule has 28 heavy (non-hydrogen) atoms. The first-order valence-corrected chi connectivity index (χ1v) is 8.37. The van der Waals surface area contributed by atoms with Gasteiger partial charge in [0.2, 0.25) is 0 Å². The van der Waals surface area contributed by atoms with Crippen LogP contribution in [0.5, 0.6) is 0 Å². The summed E-state index contributed by atoms with van der Waals surface area (Å²) in [6.45, 7) is 0.0358. The zero-order valence-corrected chi connectivity index (χ0v) is 14.5. The number of benzene rings is 3. The quantitative estimate of drug-likeness (QED) is 0.140. The van der Waals surface area contributed by atoms with E-state index >= 15 is 0 Å². The average molecular weight is 382 g/mol. The molecule has 3 aromatic carbocycles. The maximum atomic E-state index is 14.2. The lowest BCUT2D eigenvalue weighted by molar-refractivity contribution is -0.114. The van der Waals surface area contributed by atoms with Crippen molar-refractivity contribution in [2.75, 3.05) is 0 Å². The molecule has 8 heteroatoms. The summed E-state index contributed by atoms with van der Waals surface area (Å²) in [6, 6.07) is 14.3. The van der Waals surface area contributed by atoms with Crippen LogP contribution in [0.2, 0.25) is 0 Å². The lowest BCUT2D eigenvalue weighted by Crippen LogP contribution is -2.38. The van der Waals surface area contributed by atoms with Crippen LogP contribution >= 0.6 is 0 Å². The Balaban J connectivity index is 1.93. The van der Waals surface area contributed by atoms with E-state index in [9.17, 15) is 13.2 Å². The van der Waals surface area contributed by atoms with Gasteiger partial charge in [-0.2, -0.15) is 0 Å². The minimum atomic E-state index is -1.21. The largest absolute Gasteiger partial charge is 0.350 e. The van der Waals surface area contributed by atoms with E-state index in [1.807, 2.05) is 34.9 Å². The molecule has 0 spiro atoms. The molecular weight excluding hydrogens is 367 g/mol. The summed E-state index contributed by atoms with van der Waals surface area (Å²) in [5.74, 6) is 2.11. The lowest BCUT2D eigenvalue weighted by Gasteiger charge is -2.09. The van der Waals surface area contributed by atoms with Crippen LogP contribution in [0, 0.1) is 17.5 Å². The number of halogens is 3. The van der Waals surface area contributed by atoms with Crippen LogP contribution in [0.25, 0.3) is 21.8 Å². The first kappa shape index (κ1) is 17.7. The van der Waals surface area contributed by atoms with E-state index in [0.717, 1.165) is 27.9 Å². The zero-order chi connectivity index (χ0) is 19.8. The smallest absolute Gasteiger partial charge is 0.336 e. The highest BCUT2D eigenvalue weighted by molar-refractivity contribution is 6.10. The number of hydrogen-bond acceptors (Lipinski definition) is 1. The van der Waals surface area contributed by atoms with Gasteiger partial charge in [0.15, 0.2) is 11.6 Å². The van der Waals surface area contributed by atoms with Crippen molar-refractivity contribution in [3.63, 3.8) is 0 Å². The number of hydrogen-bond donors (Lipinski definition) is 2. The third kappa shape index (κ3) is 2.88. The fraction of sp³-hybridized carbons (Fsp3) is 0.0500. The van der Waals surface area contributed by atoms with Crippen molar-refractivity contribution in [1.29, 1.82) is 0 Å². The molecule has 4 N–H and O–H groups in total. The molecule has 0 aliphatic heterocycles. The van der Waals surface area contributed by atoms with Crippen LogP contribution in [0.1, 0.15) is 11.1 Å². The topological polar surface area (TPSA) is 81.3 Å². The number of nitrogens with two attached hydrogens (primary N) is 2. The van der Waals surface area contributed by atoms with Gasteiger partial charge in [0.25, 0.3) is 0 Å². The number of rotatable bonds is 3. The number of para-hydroxylation sites is 1. The minimum absolute atomic E-state index is 0.0358. The van der Waals surface area contributed by atoms with Gasteiger partial charge in [-0.15, -0.1) is 0 Å². The maximum absolute atomic E-state index is 14.2. The van der Waals surface area contributed by atoms with Crippen molar-refractivity contribution in [1.82, 2.24) is 4.57 Å². The fourth-order valence-electron chi connectivity index (χ4n) is 3.36. The van der Waals surface area contributed by atoms with E-state index < -0.39 is 17.5 Å². The Morgan fingerprint density at radius 2 is 1.61 bits per heavy atom. The Morgan fingerprint density at radius 3 is 2.39 bits per heavy atom. The van der Waals surface area contributed by atoms with Crippen LogP contribution in [-0.2, 0) is 6.54 Å². The van der Waals surface area contributed by atoms with Crippen molar-refractivity contribution in [3.8, 4) is 0 Å². The number of nitrogens with zero attached hydrogens (tertiary/aromatic N) is 3. The number of amidine groups is 1. The monoisotopic (exact) mass is 382 g/mol. The summed E-state index contributed by atoms with van der Waals surface area (Å²) in [7, 11) is 0. The van der Waals surface area contributed by atoms with Gasteiger partial charge >= 0.3 is 5.84 Å². The van der Waals surface area contributed by atoms with Crippen LogP contribution in [0.4, 0.5) is 13.2 Å². The molecule has 0 aliphatic carbocycles. The zero-order valence-electron chi connectivity index (χ0n) is 14.5. The third-order valence-electron chi connectivity index (χ3n) is 4.65. The fourth-order valence-corrected chi connectivity index (χ4v) is 3.36.